The van der Waals surface area contributed by atoms with Crippen LogP contribution in [0, 0.1) is 10.1 Å². The Labute approximate surface area is 183 Å². The van der Waals surface area contributed by atoms with E-state index in [1.807, 2.05) is 4.90 Å². The molecule has 0 bridgehead atoms. The van der Waals surface area contributed by atoms with Crippen LogP contribution in [0.2, 0.25) is 0 Å². The first-order valence-corrected chi connectivity index (χ1v) is 12.1. The van der Waals surface area contributed by atoms with Crippen molar-refractivity contribution < 1.29 is 18.1 Å². The van der Waals surface area contributed by atoms with Gasteiger partial charge in [0.15, 0.2) is 0 Å². The quantitative estimate of drug-likeness (QED) is 0.499. The topological polar surface area (TPSA) is 116 Å². The van der Waals surface area contributed by atoms with Gasteiger partial charge in [0.25, 0.3) is 15.9 Å². The molecule has 1 amide bonds. The molecule has 172 valence electrons. The molecule has 11 heteroatoms. The lowest BCUT2D eigenvalue weighted by molar-refractivity contribution is -0.383. The van der Waals surface area contributed by atoms with Crippen molar-refractivity contribution >= 4 is 27.5 Å². The van der Waals surface area contributed by atoms with E-state index in [2.05, 4.69) is 5.32 Å². The highest BCUT2D eigenvalue weighted by Gasteiger charge is 2.36. The van der Waals surface area contributed by atoms with E-state index in [4.69, 9.17) is 0 Å². The number of rotatable bonds is 7. The van der Waals surface area contributed by atoms with E-state index in [-0.39, 0.29) is 23.3 Å². The lowest BCUT2D eigenvalue weighted by Crippen LogP contribution is -2.57. The van der Waals surface area contributed by atoms with Gasteiger partial charge in [0.2, 0.25) is 5.91 Å². The first-order valence-electron chi connectivity index (χ1n) is 10.7. The van der Waals surface area contributed by atoms with Gasteiger partial charge >= 0.3 is 0 Å². The molecular formula is C20H31N5O5S. The van der Waals surface area contributed by atoms with Crippen molar-refractivity contribution in [1.82, 2.24) is 13.5 Å². The Balaban J connectivity index is 1.57. The molecule has 2 fully saturated rings. The third kappa shape index (κ3) is 5.40. The summed E-state index contributed by atoms with van der Waals surface area (Å²) < 4.78 is 29.1. The van der Waals surface area contributed by atoms with Crippen LogP contribution in [-0.4, -0.2) is 78.1 Å². The number of nitro benzene ring substituents is 1. The summed E-state index contributed by atoms with van der Waals surface area (Å²) in [6, 6.07) is 5.52. The second-order valence-electron chi connectivity index (χ2n) is 8.19. The zero-order chi connectivity index (χ0) is 22.6. The molecule has 1 aromatic carbocycles. The molecule has 10 nitrogen and oxygen atoms in total. The van der Waals surface area contributed by atoms with Gasteiger partial charge in [-0.05, 0) is 25.8 Å². The number of hydrogen-bond donors (Lipinski definition) is 1. The molecular weight excluding hydrogens is 422 g/mol. The lowest BCUT2D eigenvalue weighted by Gasteiger charge is -2.40. The third-order valence-corrected chi connectivity index (χ3v) is 8.38. The molecule has 0 radical (unpaired) electrons. The van der Waals surface area contributed by atoms with Crippen LogP contribution in [0.4, 0.5) is 11.4 Å². The van der Waals surface area contributed by atoms with Crippen LogP contribution in [0.3, 0.4) is 0 Å². The fourth-order valence-electron chi connectivity index (χ4n) is 4.28. The number of anilines is 1. The SMILES string of the molecule is CC(C(=O)Nc1ccccc1[N+](=O)[O-])N1CCN(S(=O)(=O)N(C)C2CCCCC2)CC1. The largest absolute Gasteiger partial charge is 0.319 e. The average Bonchev–Trinajstić information content (AvgIpc) is 2.78. The van der Waals surface area contributed by atoms with E-state index >= 15 is 0 Å². The number of piperazine rings is 1. The fourth-order valence-corrected chi connectivity index (χ4v) is 5.85. The van der Waals surface area contributed by atoms with Crippen molar-refractivity contribution in [3.63, 3.8) is 0 Å². The minimum Gasteiger partial charge on any atom is -0.319 e. The van der Waals surface area contributed by atoms with Crippen LogP contribution < -0.4 is 5.32 Å². The van der Waals surface area contributed by atoms with Crippen molar-refractivity contribution in [3.8, 4) is 0 Å². The first kappa shape index (κ1) is 23.6. The lowest BCUT2D eigenvalue weighted by atomic mass is 9.96. The number of nitrogens with zero attached hydrogens (tertiary/aromatic N) is 4. The predicted molar refractivity (Wildman–Crippen MR) is 118 cm³/mol. The number of nitrogens with one attached hydrogen (secondary N) is 1. The van der Waals surface area contributed by atoms with Crippen molar-refractivity contribution in [1.29, 1.82) is 0 Å². The molecule has 1 N–H and O–H groups in total. The third-order valence-electron chi connectivity index (χ3n) is 6.34. The summed E-state index contributed by atoms with van der Waals surface area (Å²) in [5.41, 5.74) is -0.00983. The number of carbonyl (C=O) groups excluding carboxylic acids is 1. The fraction of sp³-hybridized carbons (Fsp3) is 0.650. The van der Waals surface area contributed by atoms with Gasteiger partial charge in [-0.1, -0.05) is 31.4 Å². The average molecular weight is 454 g/mol. The molecule has 1 saturated carbocycles. The highest BCUT2D eigenvalue weighted by atomic mass is 32.2. The van der Waals surface area contributed by atoms with E-state index < -0.39 is 21.2 Å². The van der Waals surface area contributed by atoms with Crippen molar-refractivity contribution in [3.05, 3.63) is 34.4 Å². The normalized spacial score (nSPS) is 20.5. The highest BCUT2D eigenvalue weighted by Crippen LogP contribution is 2.26. The molecule has 1 unspecified atom stereocenters. The molecule has 3 rings (SSSR count). The molecule has 0 spiro atoms. The second kappa shape index (κ2) is 10.0. The van der Waals surface area contributed by atoms with Gasteiger partial charge < -0.3 is 5.32 Å². The van der Waals surface area contributed by atoms with Crippen molar-refractivity contribution in [2.75, 3.05) is 38.5 Å². The maximum absolute atomic E-state index is 13.0. The minimum atomic E-state index is -3.53. The van der Waals surface area contributed by atoms with Gasteiger partial charge in [0, 0.05) is 45.3 Å². The summed E-state index contributed by atoms with van der Waals surface area (Å²) in [5.74, 6) is -0.357. The molecule has 1 aromatic rings. The zero-order valence-electron chi connectivity index (χ0n) is 18.1. The molecule has 1 aliphatic carbocycles. The van der Waals surface area contributed by atoms with Crippen LogP contribution >= 0.6 is 0 Å². The summed E-state index contributed by atoms with van der Waals surface area (Å²) in [4.78, 5) is 25.2. The number of benzene rings is 1. The van der Waals surface area contributed by atoms with E-state index in [0.717, 1.165) is 32.1 Å². The Hall–Kier alpha value is -2.08. The number of hydrogen-bond acceptors (Lipinski definition) is 6. The molecule has 2 aliphatic rings. The van der Waals surface area contributed by atoms with Crippen LogP contribution in [0.25, 0.3) is 0 Å². The van der Waals surface area contributed by atoms with Gasteiger partial charge in [0.1, 0.15) is 5.69 Å². The van der Waals surface area contributed by atoms with Gasteiger partial charge in [-0.3, -0.25) is 19.8 Å². The molecule has 0 aromatic heterocycles. The summed E-state index contributed by atoms with van der Waals surface area (Å²) in [6.07, 6.45) is 5.08. The van der Waals surface area contributed by atoms with Crippen molar-refractivity contribution in [2.45, 2.75) is 51.1 Å². The highest BCUT2D eigenvalue weighted by molar-refractivity contribution is 7.86. The monoisotopic (exact) mass is 453 g/mol. The van der Waals surface area contributed by atoms with Gasteiger partial charge in [-0.25, -0.2) is 0 Å². The molecule has 1 atom stereocenters. The van der Waals surface area contributed by atoms with E-state index in [0.29, 0.717) is 26.2 Å². The number of carbonyl (C=O) groups is 1. The second-order valence-corrected chi connectivity index (χ2v) is 10.2. The first-order chi connectivity index (χ1) is 14.7. The predicted octanol–water partition coefficient (Wildman–Crippen LogP) is 2.05. The zero-order valence-corrected chi connectivity index (χ0v) is 18.9. The summed E-state index contributed by atoms with van der Waals surface area (Å²) in [6.45, 7) is 3.18. The Kier molecular flexibility index (Phi) is 7.63. The van der Waals surface area contributed by atoms with Crippen LogP contribution in [0.15, 0.2) is 24.3 Å². The minimum absolute atomic E-state index is 0.0585. The van der Waals surface area contributed by atoms with Crippen LogP contribution in [-0.2, 0) is 15.0 Å². The Morgan fingerprint density at radius 2 is 1.77 bits per heavy atom. The smallest absolute Gasteiger partial charge is 0.292 e. The maximum Gasteiger partial charge on any atom is 0.292 e. The summed E-state index contributed by atoms with van der Waals surface area (Å²) in [7, 11) is -1.86. The van der Waals surface area contributed by atoms with E-state index in [9.17, 15) is 23.3 Å². The number of nitro groups is 1. The summed E-state index contributed by atoms with van der Waals surface area (Å²) >= 11 is 0. The molecule has 1 saturated heterocycles. The molecule has 1 heterocycles. The Morgan fingerprint density at radius 1 is 1.16 bits per heavy atom. The van der Waals surface area contributed by atoms with Crippen molar-refractivity contribution in [2.24, 2.45) is 0 Å². The standard InChI is InChI=1S/C20H31N5O5S/c1-16(20(26)21-18-10-6-7-11-19(18)25(27)28)23-12-14-24(15-13-23)31(29,30)22(2)17-8-4-3-5-9-17/h6-7,10-11,16-17H,3-5,8-9,12-15H2,1-2H3,(H,21,26). The number of amides is 1. The molecule has 31 heavy (non-hydrogen) atoms. The summed E-state index contributed by atoms with van der Waals surface area (Å²) in [5, 5.41) is 13.8. The van der Waals surface area contributed by atoms with E-state index in [1.165, 1.54) is 20.7 Å². The van der Waals surface area contributed by atoms with Crippen LogP contribution in [0.1, 0.15) is 39.0 Å². The Morgan fingerprint density at radius 3 is 2.39 bits per heavy atom. The van der Waals surface area contributed by atoms with Gasteiger partial charge in [0.05, 0.1) is 11.0 Å². The number of para-hydroxylation sites is 2. The van der Waals surface area contributed by atoms with E-state index in [1.54, 1.807) is 26.1 Å². The molecule has 1 aliphatic heterocycles. The Bertz CT molecular complexity index is 895. The van der Waals surface area contributed by atoms with Gasteiger partial charge in [-0.2, -0.15) is 17.0 Å². The van der Waals surface area contributed by atoms with Gasteiger partial charge in [-0.15, -0.1) is 0 Å². The van der Waals surface area contributed by atoms with Crippen LogP contribution in [0.5, 0.6) is 0 Å². The maximum atomic E-state index is 13.0.